The van der Waals surface area contributed by atoms with Gasteiger partial charge in [-0.3, -0.25) is 10.1 Å². The molecule has 16 heavy (non-hydrogen) atoms. The summed E-state index contributed by atoms with van der Waals surface area (Å²) in [6, 6.07) is 3.68. The second-order valence-corrected chi connectivity index (χ2v) is 4.24. The number of non-ortho nitro benzene ring substituents is 1. The van der Waals surface area contributed by atoms with Crippen LogP contribution in [-0.2, 0) is 6.42 Å². The molecule has 1 aromatic carbocycles. The Labute approximate surface area is 92.6 Å². The number of nitrogens with one attached hydrogen (secondary N) is 1. The minimum Gasteiger partial charge on any atom is -0.314 e. The zero-order chi connectivity index (χ0) is 11.8. The second kappa shape index (κ2) is 3.83. The van der Waals surface area contributed by atoms with Crippen molar-refractivity contribution in [1.82, 2.24) is 5.32 Å². The van der Waals surface area contributed by atoms with E-state index in [1.54, 1.807) is 0 Å². The summed E-state index contributed by atoms with van der Waals surface area (Å²) in [6.07, 6.45) is 2.49. The number of likely N-dealkylation sites (N-methyl/N-ethyl adjacent to an activating group) is 1. The molecule has 0 heterocycles. The van der Waals surface area contributed by atoms with Crippen molar-refractivity contribution in [2.75, 3.05) is 7.05 Å². The fraction of sp³-hybridized carbons (Fsp3) is 0.455. The van der Waals surface area contributed by atoms with E-state index in [4.69, 9.17) is 0 Å². The van der Waals surface area contributed by atoms with Gasteiger partial charge in [-0.2, -0.15) is 0 Å². The monoisotopic (exact) mass is 224 g/mol. The quantitative estimate of drug-likeness (QED) is 0.628. The van der Waals surface area contributed by atoms with Gasteiger partial charge in [0.2, 0.25) is 0 Å². The largest absolute Gasteiger partial charge is 0.314 e. The topological polar surface area (TPSA) is 55.2 Å². The Bertz CT molecular complexity index is 430. The van der Waals surface area contributed by atoms with Crippen LogP contribution in [0.2, 0.25) is 0 Å². The smallest absolute Gasteiger partial charge is 0.269 e. The van der Waals surface area contributed by atoms with Crippen LogP contribution in [0.5, 0.6) is 0 Å². The van der Waals surface area contributed by atoms with Gasteiger partial charge in [-0.25, -0.2) is 4.39 Å². The van der Waals surface area contributed by atoms with Crippen molar-refractivity contribution in [2.45, 2.75) is 24.8 Å². The van der Waals surface area contributed by atoms with Crippen molar-refractivity contribution in [3.05, 3.63) is 39.7 Å². The Morgan fingerprint density at radius 3 is 2.75 bits per heavy atom. The van der Waals surface area contributed by atoms with Crippen LogP contribution >= 0.6 is 0 Å². The first-order valence-electron chi connectivity index (χ1n) is 5.18. The third-order valence-corrected chi connectivity index (χ3v) is 3.15. The fourth-order valence-electron chi connectivity index (χ4n) is 1.84. The minimum absolute atomic E-state index is 0.0456. The Kier molecular flexibility index (Phi) is 2.63. The molecule has 0 bridgehead atoms. The summed E-state index contributed by atoms with van der Waals surface area (Å²) < 4.78 is 13.5. The molecule has 2 rings (SSSR count). The van der Waals surface area contributed by atoms with E-state index in [9.17, 15) is 14.5 Å². The first-order valence-corrected chi connectivity index (χ1v) is 5.18. The summed E-state index contributed by atoms with van der Waals surface area (Å²) in [7, 11) is 1.84. The Morgan fingerprint density at radius 2 is 2.25 bits per heavy atom. The number of benzene rings is 1. The Balaban J connectivity index is 2.25. The van der Waals surface area contributed by atoms with Crippen LogP contribution in [0.25, 0.3) is 0 Å². The fourth-order valence-corrected chi connectivity index (χ4v) is 1.84. The van der Waals surface area contributed by atoms with Crippen LogP contribution < -0.4 is 5.32 Å². The highest BCUT2D eigenvalue weighted by atomic mass is 19.1. The van der Waals surface area contributed by atoms with Crippen LogP contribution in [-0.4, -0.2) is 17.5 Å². The molecule has 4 nitrogen and oxygen atoms in total. The van der Waals surface area contributed by atoms with Crippen molar-refractivity contribution < 1.29 is 9.31 Å². The van der Waals surface area contributed by atoms with Crippen LogP contribution in [0.3, 0.4) is 0 Å². The molecule has 0 aliphatic heterocycles. The number of hydrogen-bond acceptors (Lipinski definition) is 3. The van der Waals surface area contributed by atoms with Crippen molar-refractivity contribution in [3.8, 4) is 0 Å². The summed E-state index contributed by atoms with van der Waals surface area (Å²) in [5, 5.41) is 13.7. The first kappa shape index (κ1) is 11.0. The number of nitro groups is 1. The van der Waals surface area contributed by atoms with Crippen molar-refractivity contribution in [1.29, 1.82) is 0 Å². The molecule has 0 spiro atoms. The van der Waals surface area contributed by atoms with E-state index < -0.39 is 4.92 Å². The number of rotatable bonds is 4. The Morgan fingerprint density at radius 1 is 1.56 bits per heavy atom. The number of hydrogen-bond donors (Lipinski definition) is 1. The molecule has 86 valence electrons. The molecule has 1 saturated carbocycles. The number of halogens is 1. The highest BCUT2D eigenvalue weighted by Gasteiger charge is 2.41. The molecule has 0 saturated heterocycles. The van der Waals surface area contributed by atoms with Gasteiger partial charge in [0, 0.05) is 17.7 Å². The molecular weight excluding hydrogens is 211 g/mol. The van der Waals surface area contributed by atoms with Crippen LogP contribution in [0.1, 0.15) is 18.4 Å². The maximum Gasteiger partial charge on any atom is 0.269 e. The normalized spacial score (nSPS) is 17.1. The summed E-state index contributed by atoms with van der Waals surface area (Å²) >= 11 is 0. The summed E-state index contributed by atoms with van der Waals surface area (Å²) in [4.78, 5) is 10.1. The molecule has 0 unspecified atom stereocenters. The predicted molar refractivity (Wildman–Crippen MR) is 57.8 cm³/mol. The zero-order valence-electron chi connectivity index (χ0n) is 9.00. The van der Waals surface area contributed by atoms with Crippen LogP contribution in [0, 0.1) is 15.9 Å². The molecule has 1 aliphatic rings. The highest BCUT2D eigenvalue weighted by molar-refractivity contribution is 5.36. The van der Waals surface area contributed by atoms with Gasteiger partial charge in [0.1, 0.15) is 5.82 Å². The minimum atomic E-state index is -0.498. The maximum atomic E-state index is 13.5. The average molecular weight is 224 g/mol. The van der Waals surface area contributed by atoms with Crippen LogP contribution in [0.4, 0.5) is 10.1 Å². The third-order valence-electron chi connectivity index (χ3n) is 3.15. The van der Waals surface area contributed by atoms with Gasteiger partial charge in [-0.05, 0) is 37.9 Å². The zero-order valence-corrected chi connectivity index (χ0v) is 9.00. The number of nitro benzene ring substituents is 1. The van der Waals surface area contributed by atoms with Gasteiger partial charge in [0.25, 0.3) is 5.69 Å². The molecule has 1 aliphatic carbocycles. The molecule has 0 aromatic heterocycles. The molecule has 0 atom stereocenters. The van der Waals surface area contributed by atoms with E-state index in [2.05, 4.69) is 5.32 Å². The van der Waals surface area contributed by atoms with E-state index in [0.29, 0.717) is 12.0 Å². The SMILES string of the molecule is CNC1(Cc2cc([N+](=O)[O-])ccc2F)CC1. The molecule has 5 heteroatoms. The molecular formula is C11H13FN2O2. The molecule has 1 fully saturated rings. The van der Waals surface area contributed by atoms with Gasteiger partial charge >= 0.3 is 0 Å². The van der Waals surface area contributed by atoms with Crippen LogP contribution in [0.15, 0.2) is 18.2 Å². The van der Waals surface area contributed by atoms with E-state index >= 15 is 0 Å². The van der Waals surface area contributed by atoms with Crippen molar-refractivity contribution in [2.24, 2.45) is 0 Å². The lowest BCUT2D eigenvalue weighted by molar-refractivity contribution is -0.385. The van der Waals surface area contributed by atoms with E-state index in [1.165, 1.54) is 18.2 Å². The van der Waals surface area contributed by atoms with Gasteiger partial charge < -0.3 is 5.32 Å². The number of nitrogens with zero attached hydrogens (tertiary/aromatic N) is 1. The van der Waals surface area contributed by atoms with E-state index in [1.807, 2.05) is 7.05 Å². The lowest BCUT2D eigenvalue weighted by Crippen LogP contribution is -2.29. The standard InChI is InChI=1S/C11H13FN2O2/c1-13-11(4-5-11)7-8-6-9(14(15)16)2-3-10(8)12/h2-3,6,13H,4-5,7H2,1H3. The summed E-state index contributed by atoms with van der Waals surface area (Å²) in [5.41, 5.74) is 0.320. The maximum absolute atomic E-state index is 13.5. The highest BCUT2D eigenvalue weighted by Crippen LogP contribution is 2.39. The lowest BCUT2D eigenvalue weighted by Gasteiger charge is -2.14. The third kappa shape index (κ3) is 2.04. The predicted octanol–water partition coefficient (Wildman–Crippen LogP) is 2.03. The van der Waals surface area contributed by atoms with E-state index in [-0.39, 0.29) is 17.0 Å². The summed E-state index contributed by atoms with van der Waals surface area (Å²) in [5.74, 6) is -0.368. The van der Waals surface area contributed by atoms with Gasteiger partial charge in [0.05, 0.1) is 4.92 Å². The Hall–Kier alpha value is -1.49. The molecule has 0 radical (unpaired) electrons. The lowest BCUT2D eigenvalue weighted by atomic mass is 10.0. The second-order valence-electron chi connectivity index (χ2n) is 4.24. The van der Waals surface area contributed by atoms with Crippen molar-refractivity contribution >= 4 is 5.69 Å². The van der Waals surface area contributed by atoms with Gasteiger partial charge in [-0.1, -0.05) is 0 Å². The molecule has 1 aromatic rings. The van der Waals surface area contributed by atoms with Crippen molar-refractivity contribution in [3.63, 3.8) is 0 Å². The first-order chi connectivity index (χ1) is 7.56. The van der Waals surface area contributed by atoms with Gasteiger partial charge in [0.15, 0.2) is 0 Å². The average Bonchev–Trinajstić information content (AvgIpc) is 3.02. The molecule has 0 amide bonds. The van der Waals surface area contributed by atoms with Gasteiger partial charge in [-0.15, -0.1) is 0 Å². The molecule has 1 N–H and O–H groups in total. The van der Waals surface area contributed by atoms with E-state index in [0.717, 1.165) is 12.8 Å². The summed E-state index contributed by atoms with van der Waals surface area (Å²) in [6.45, 7) is 0.